The molecule has 1 saturated carbocycles. The molecule has 5 rings (SSSR count). The van der Waals surface area contributed by atoms with Gasteiger partial charge in [-0.1, -0.05) is 12.1 Å². The molecule has 202 valence electrons. The Labute approximate surface area is 221 Å². The highest BCUT2D eigenvalue weighted by Gasteiger charge is 2.36. The molecular formula is C27H26F3N7O2. The quantitative estimate of drug-likeness (QED) is 0.313. The summed E-state index contributed by atoms with van der Waals surface area (Å²) >= 11 is 0. The molecule has 0 radical (unpaired) electrons. The third-order valence-electron chi connectivity index (χ3n) is 6.51. The van der Waals surface area contributed by atoms with E-state index in [1.807, 2.05) is 18.2 Å². The number of hydrogen-bond acceptors (Lipinski definition) is 5. The van der Waals surface area contributed by atoms with Crippen LogP contribution in [0.2, 0.25) is 0 Å². The zero-order chi connectivity index (χ0) is 28.1. The number of rotatable bonds is 5. The van der Waals surface area contributed by atoms with Gasteiger partial charge in [-0.25, -0.2) is 14.5 Å². The number of fused-ring (bicyclic) bond motifs is 1. The molecule has 39 heavy (non-hydrogen) atoms. The van der Waals surface area contributed by atoms with Gasteiger partial charge >= 0.3 is 12.2 Å². The van der Waals surface area contributed by atoms with Crippen molar-refractivity contribution in [1.82, 2.24) is 19.7 Å². The predicted octanol–water partition coefficient (Wildman–Crippen LogP) is 5.46. The Bertz CT molecular complexity index is 1590. The number of halogens is 3. The van der Waals surface area contributed by atoms with Gasteiger partial charge < -0.3 is 21.3 Å². The molecule has 1 aliphatic rings. The van der Waals surface area contributed by atoms with Gasteiger partial charge in [-0.15, -0.1) is 0 Å². The van der Waals surface area contributed by atoms with Gasteiger partial charge in [-0.05, 0) is 60.4 Å². The first kappa shape index (κ1) is 26.0. The number of alkyl halides is 3. The number of urea groups is 1. The summed E-state index contributed by atoms with van der Waals surface area (Å²) in [7, 11) is 4.52. The number of nitrogens with one attached hydrogen (secondary N) is 2. The number of aromatic nitrogens is 3. The first-order valence-corrected chi connectivity index (χ1v) is 12.2. The lowest BCUT2D eigenvalue weighted by atomic mass is 10.0. The third kappa shape index (κ3) is 5.22. The Kier molecular flexibility index (Phi) is 6.41. The van der Waals surface area contributed by atoms with Crippen molar-refractivity contribution in [2.45, 2.75) is 24.9 Å². The van der Waals surface area contributed by atoms with Crippen molar-refractivity contribution in [2.75, 3.05) is 30.5 Å². The van der Waals surface area contributed by atoms with E-state index >= 15 is 0 Å². The van der Waals surface area contributed by atoms with Gasteiger partial charge in [0.2, 0.25) is 0 Å². The van der Waals surface area contributed by atoms with E-state index in [4.69, 9.17) is 10.7 Å². The van der Waals surface area contributed by atoms with Gasteiger partial charge in [0.15, 0.2) is 11.5 Å². The summed E-state index contributed by atoms with van der Waals surface area (Å²) in [5.74, 6) is -0.000487. The molecule has 2 aromatic heterocycles. The number of anilines is 3. The van der Waals surface area contributed by atoms with Gasteiger partial charge in [0.25, 0.3) is 5.91 Å². The number of nitrogens with two attached hydrogens (primary N) is 1. The maximum atomic E-state index is 13.6. The molecule has 2 aromatic carbocycles. The summed E-state index contributed by atoms with van der Waals surface area (Å²) in [6, 6.07) is 11.3. The van der Waals surface area contributed by atoms with Crippen molar-refractivity contribution in [2.24, 2.45) is 7.05 Å². The van der Waals surface area contributed by atoms with Crippen molar-refractivity contribution in [1.29, 1.82) is 0 Å². The van der Waals surface area contributed by atoms with Crippen LogP contribution in [0.25, 0.3) is 22.2 Å². The Hall–Kier alpha value is -4.61. The van der Waals surface area contributed by atoms with E-state index < -0.39 is 29.2 Å². The van der Waals surface area contributed by atoms with Crippen molar-refractivity contribution in [3.8, 4) is 11.1 Å². The molecule has 0 saturated heterocycles. The minimum Gasteiger partial charge on any atom is -0.382 e. The van der Waals surface area contributed by atoms with E-state index in [0.29, 0.717) is 23.1 Å². The highest BCUT2D eigenvalue weighted by Crippen LogP contribution is 2.42. The van der Waals surface area contributed by atoms with E-state index in [2.05, 4.69) is 15.7 Å². The molecule has 9 nitrogen and oxygen atoms in total. The number of benzene rings is 2. The summed E-state index contributed by atoms with van der Waals surface area (Å²) in [5, 5.41) is 10.1. The van der Waals surface area contributed by atoms with Crippen LogP contribution in [0, 0.1) is 0 Å². The highest BCUT2D eigenvalue weighted by molar-refractivity contribution is 6.02. The SMILES string of the molecule is CN(C)C(=O)c1ccc(NC(=O)Nc2ccc(-c3cc(C4CC4)nc4c3c(N)nn4C)cc2)cc1C(F)(F)F. The minimum atomic E-state index is -4.78. The second-order valence-electron chi connectivity index (χ2n) is 9.69. The zero-order valence-corrected chi connectivity index (χ0v) is 21.4. The largest absolute Gasteiger partial charge is 0.417 e. The number of hydrogen-bond donors (Lipinski definition) is 3. The normalized spacial score (nSPS) is 13.4. The maximum Gasteiger partial charge on any atom is 0.417 e. The van der Waals surface area contributed by atoms with Crippen LogP contribution in [-0.4, -0.2) is 45.7 Å². The Morgan fingerprint density at radius 2 is 1.67 bits per heavy atom. The average molecular weight is 538 g/mol. The number of nitrogens with zero attached hydrogens (tertiary/aromatic N) is 4. The summed E-state index contributed by atoms with van der Waals surface area (Å²) < 4.78 is 42.4. The molecule has 0 atom stereocenters. The molecule has 1 aliphatic carbocycles. The van der Waals surface area contributed by atoms with E-state index in [-0.39, 0.29) is 5.69 Å². The van der Waals surface area contributed by atoms with Gasteiger partial charge in [0.05, 0.1) is 16.5 Å². The van der Waals surface area contributed by atoms with E-state index in [1.165, 1.54) is 20.2 Å². The Morgan fingerprint density at radius 3 is 2.28 bits per heavy atom. The summed E-state index contributed by atoms with van der Waals surface area (Å²) in [4.78, 5) is 30.5. The van der Waals surface area contributed by atoms with Gasteiger partial charge in [0, 0.05) is 44.1 Å². The van der Waals surface area contributed by atoms with E-state index in [1.54, 1.807) is 23.9 Å². The molecule has 2 heterocycles. The monoisotopic (exact) mass is 537 g/mol. The Balaban J connectivity index is 1.36. The number of carbonyl (C=O) groups excluding carboxylic acids is 2. The molecule has 0 aliphatic heterocycles. The van der Waals surface area contributed by atoms with Gasteiger partial charge in [0.1, 0.15) is 0 Å². The van der Waals surface area contributed by atoms with Gasteiger partial charge in [-0.2, -0.15) is 18.3 Å². The zero-order valence-electron chi connectivity index (χ0n) is 21.4. The van der Waals surface area contributed by atoms with Crippen LogP contribution in [0.5, 0.6) is 0 Å². The number of amides is 3. The second kappa shape index (κ2) is 9.61. The van der Waals surface area contributed by atoms with Crippen LogP contribution in [0.15, 0.2) is 48.5 Å². The maximum absolute atomic E-state index is 13.6. The number of pyridine rings is 1. The van der Waals surface area contributed by atoms with Crippen LogP contribution in [0.1, 0.15) is 40.4 Å². The summed E-state index contributed by atoms with van der Waals surface area (Å²) in [6.45, 7) is 0. The lowest BCUT2D eigenvalue weighted by molar-refractivity contribution is -0.138. The van der Waals surface area contributed by atoms with Crippen LogP contribution >= 0.6 is 0 Å². The molecule has 1 fully saturated rings. The van der Waals surface area contributed by atoms with Crippen LogP contribution in [0.3, 0.4) is 0 Å². The molecule has 0 bridgehead atoms. The van der Waals surface area contributed by atoms with Gasteiger partial charge in [-0.3, -0.25) is 4.79 Å². The average Bonchev–Trinajstić information content (AvgIpc) is 3.68. The van der Waals surface area contributed by atoms with Crippen LogP contribution in [-0.2, 0) is 13.2 Å². The van der Waals surface area contributed by atoms with Crippen LogP contribution < -0.4 is 16.4 Å². The van der Waals surface area contributed by atoms with Crippen molar-refractivity contribution < 1.29 is 22.8 Å². The lowest BCUT2D eigenvalue weighted by Gasteiger charge is -2.17. The minimum absolute atomic E-state index is 0.106. The third-order valence-corrected chi connectivity index (χ3v) is 6.51. The van der Waals surface area contributed by atoms with E-state index in [9.17, 15) is 22.8 Å². The van der Waals surface area contributed by atoms with Crippen molar-refractivity contribution in [3.05, 3.63) is 65.4 Å². The second-order valence-corrected chi connectivity index (χ2v) is 9.69. The van der Waals surface area contributed by atoms with E-state index in [0.717, 1.165) is 52.1 Å². The fraction of sp³-hybridized carbons (Fsp3) is 0.259. The lowest BCUT2D eigenvalue weighted by Crippen LogP contribution is -2.25. The standard InChI is InChI=1S/C27H26F3N7O2/c1-36(2)25(38)18-11-10-17(12-20(18)27(28,29)30)33-26(39)32-16-8-6-14(7-9-16)19-13-21(15-4-5-15)34-24-22(19)23(31)35-37(24)3/h6-13,15H,4-5H2,1-3H3,(H2,31,35)(H2,32,33,39). The van der Waals surface area contributed by atoms with Crippen LogP contribution in [0.4, 0.5) is 35.2 Å². The fourth-order valence-corrected chi connectivity index (χ4v) is 4.42. The number of aryl methyl sites for hydroxylation is 1. The molecule has 3 amide bonds. The fourth-order valence-electron chi connectivity index (χ4n) is 4.42. The topological polar surface area (TPSA) is 118 Å². The number of carbonyl (C=O) groups is 2. The Morgan fingerprint density at radius 1 is 1.03 bits per heavy atom. The molecular weight excluding hydrogens is 511 g/mol. The molecule has 0 spiro atoms. The molecule has 4 aromatic rings. The summed E-state index contributed by atoms with van der Waals surface area (Å²) in [5.41, 5.74) is 8.29. The first-order valence-electron chi connectivity index (χ1n) is 12.2. The first-order chi connectivity index (χ1) is 18.4. The molecule has 0 unspecified atom stereocenters. The molecule has 4 N–H and O–H groups in total. The smallest absolute Gasteiger partial charge is 0.382 e. The predicted molar refractivity (Wildman–Crippen MR) is 142 cm³/mol. The van der Waals surface area contributed by atoms with Crippen molar-refractivity contribution >= 4 is 40.2 Å². The highest BCUT2D eigenvalue weighted by atomic mass is 19.4. The molecule has 12 heteroatoms. The number of nitrogen functional groups attached to an aromatic ring is 1. The van der Waals surface area contributed by atoms with Crippen molar-refractivity contribution in [3.63, 3.8) is 0 Å². The summed E-state index contributed by atoms with van der Waals surface area (Å²) in [6.07, 6.45) is -2.61.